The second-order valence-electron chi connectivity index (χ2n) is 4.85. The lowest BCUT2D eigenvalue weighted by Crippen LogP contribution is -2.22. The molecular formula is C16H12Cl2N2O5S. The van der Waals surface area contributed by atoms with Crippen LogP contribution >= 0.6 is 35.0 Å². The highest BCUT2D eigenvalue weighted by Gasteiger charge is 2.17. The van der Waals surface area contributed by atoms with Gasteiger partial charge < -0.3 is 10.1 Å². The number of anilines is 1. The molecule has 7 nitrogen and oxygen atoms in total. The van der Waals surface area contributed by atoms with Crippen LogP contribution in [0.5, 0.6) is 0 Å². The summed E-state index contributed by atoms with van der Waals surface area (Å²) in [6.07, 6.45) is 0. The summed E-state index contributed by atoms with van der Waals surface area (Å²) in [6.45, 7) is -0.578. The Kier molecular flexibility index (Phi) is 7.26. The van der Waals surface area contributed by atoms with E-state index in [0.717, 1.165) is 0 Å². The first-order chi connectivity index (χ1) is 12.4. The predicted octanol–water partition coefficient (Wildman–Crippen LogP) is 4.18. The number of nitro groups is 1. The van der Waals surface area contributed by atoms with Gasteiger partial charge in [-0.1, -0.05) is 35.3 Å². The first-order valence-corrected chi connectivity index (χ1v) is 8.87. The number of ether oxygens (including phenoxy) is 1. The predicted molar refractivity (Wildman–Crippen MR) is 99.9 cm³/mol. The average molecular weight is 415 g/mol. The molecule has 136 valence electrons. The van der Waals surface area contributed by atoms with E-state index in [0.29, 0.717) is 9.92 Å². The molecule has 0 fully saturated rings. The zero-order valence-electron chi connectivity index (χ0n) is 13.1. The van der Waals surface area contributed by atoms with Crippen molar-refractivity contribution in [3.8, 4) is 0 Å². The second-order valence-corrected chi connectivity index (χ2v) is 6.71. The molecule has 0 bridgehead atoms. The number of rotatable bonds is 7. The molecule has 2 aromatic carbocycles. The van der Waals surface area contributed by atoms with Gasteiger partial charge in [-0.25, -0.2) is 0 Å². The van der Waals surface area contributed by atoms with E-state index in [4.69, 9.17) is 27.9 Å². The third kappa shape index (κ3) is 5.91. The van der Waals surface area contributed by atoms with Gasteiger partial charge in [0.15, 0.2) is 6.61 Å². The van der Waals surface area contributed by atoms with Crippen LogP contribution in [0.2, 0.25) is 10.0 Å². The maximum Gasteiger partial charge on any atom is 0.316 e. The summed E-state index contributed by atoms with van der Waals surface area (Å²) in [4.78, 5) is 34.6. The van der Waals surface area contributed by atoms with Crippen molar-refractivity contribution >= 4 is 58.2 Å². The van der Waals surface area contributed by atoms with Crippen LogP contribution in [0, 0.1) is 10.1 Å². The van der Waals surface area contributed by atoms with Crippen LogP contribution in [0.1, 0.15) is 0 Å². The summed E-state index contributed by atoms with van der Waals surface area (Å²) in [7, 11) is 0. The van der Waals surface area contributed by atoms with E-state index >= 15 is 0 Å². The largest absolute Gasteiger partial charge is 0.455 e. The highest BCUT2D eigenvalue weighted by atomic mass is 35.5. The molecule has 2 aromatic rings. The minimum atomic E-state index is -0.716. The van der Waals surface area contributed by atoms with E-state index in [2.05, 4.69) is 5.32 Å². The molecular weight excluding hydrogens is 403 g/mol. The standard InChI is InChI=1S/C16H12Cl2N2O5S/c17-10-5-6-13(20(23)24)12(7-10)19-15(21)8-25-16(22)9-26-14-4-2-1-3-11(14)18/h1-7H,8-9H2,(H,19,21). The van der Waals surface area contributed by atoms with E-state index < -0.39 is 23.4 Å². The number of carbonyl (C=O) groups excluding carboxylic acids is 2. The van der Waals surface area contributed by atoms with E-state index in [9.17, 15) is 19.7 Å². The number of halogens is 2. The van der Waals surface area contributed by atoms with Gasteiger partial charge in [-0.15, -0.1) is 11.8 Å². The first-order valence-electron chi connectivity index (χ1n) is 7.13. The van der Waals surface area contributed by atoms with E-state index in [1.54, 1.807) is 24.3 Å². The van der Waals surface area contributed by atoms with Gasteiger partial charge in [0.1, 0.15) is 5.69 Å². The molecule has 26 heavy (non-hydrogen) atoms. The van der Waals surface area contributed by atoms with Gasteiger partial charge in [0.2, 0.25) is 0 Å². The Hall–Kier alpha value is -2.29. The van der Waals surface area contributed by atoms with Crippen LogP contribution in [0.4, 0.5) is 11.4 Å². The van der Waals surface area contributed by atoms with Crippen molar-refractivity contribution in [2.75, 3.05) is 17.7 Å². The van der Waals surface area contributed by atoms with Gasteiger partial charge >= 0.3 is 5.97 Å². The smallest absolute Gasteiger partial charge is 0.316 e. The number of carbonyl (C=O) groups is 2. The molecule has 0 saturated carbocycles. The first kappa shape index (κ1) is 20.0. The fourth-order valence-corrected chi connectivity index (χ4v) is 3.05. The van der Waals surface area contributed by atoms with Crippen molar-refractivity contribution in [3.63, 3.8) is 0 Å². The molecule has 0 radical (unpaired) electrons. The number of esters is 1. The van der Waals surface area contributed by atoms with Crippen molar-refractivity contribution < 1.29 is 19.2 Å². The lowest BCUT2D eigenvalue weighted by molar-refractivity contribution is -0.383. The zero-order chi connectivity index (χ0) is 19.1. The Bertz CT molecular complexity index is 847. The number of nitrogens with one attached hydrogen (secondary N) is 1. The maximum absolute atomic E-state index is 11.8. The third-order valence-electron chi connectivity index (χ3n) is 2.98. The number of benzene rings is 2. The molecule has 0 aliphatic carbocycles. The fourth-order valence-electron chi connectivity index (χ4n) is 1.84. The Morgan fingerprint density at radius 1 is 1.19 bits per heavy atom. The number of nitro benzene ring substituents is 1. The number of nitrogens with zero attached hydrogens (tertiary/aromatic N) is 1. The van der Waals surface area contributed by atoms with Crippen molar-refractivity contribution in [1.82, 2.24) is 0 Å². The highest BCUT2D eigenvalue weighted by Crippen LogP contribution is 2.28. The normalized spacial score (nSPS) is 10.2. The molecule has 0 atom stereocenters. The fraction of sp³-hybridized carbons (Fsp3) is 0.125. The Morgan fingerprint density at radius 2 is 1.92 bits per heavy atom. The quantitative estimate of drug-likeness (QED) is 0.315. The number of hydrogen-bond donors (Lipinski definition) is 1. The molecule has 2 rings (SSSR count). The van der Waals surface area contributed by atoms with Crippen LogP contribution in [0.3, 0.4) is 0 Å². The lowest BCUT2D eigenvalue weighted by Gasteiger charge is -2.08. The number of amides is 1. The molecule has 0 aromatic heterocycles. The third-order valence-corrected chi connectivity index (χ3v) is 4.70. The average Bonchev–Trinajstić information content (AvgIpc) is 2.59. The van der Waals surface area contributed by atoms with Crippen molar-refractivity contribution in [1.29, 1.82) is 0 Å². The topological polar surface area (TPSA) is 98.5 Å². The van der Waals surface area contributed by atoms with Gasteiger partial charge in [0.05, 0.1) is 15.7 Å². The summed E-state index contributed by atoms with van der Waals surface area (Å²) in [5.41, 5.74) is -0.391. The SMILES string of the molecule is O=C(COC(=O)CSc1ccccc1Cl)Nc1cc(Cl)ccc1[N+](=O)[O-]. The van der Waals surface area contributed by atoms with Gasteiger partial charge in [-0.3, -0.25) is 19.7 Å². The molecule has 0 aliphatic heterocycles. The summed E-state index contributed by atoms with van der Waals surface area (Å²) in [5.74, 6) is -1.37. The van der Waals surface area contributed by atoms with Crippen molar-refractivity contribution in [2.24, 2.45) is 0 Å². The molecule has 0 heterocycles. The van der Waals surface area contributed by atoms with Crippen molar-refractivity contribution in [2.45, 2.75) is 4.90 Å². The van der Waals surface area contributed by atoms with Crippen LogP contribution in [0.15, 0.2) is 47.4 Å². The summed E-state index contributed by atoms with van der Waals surface area (Å²) in [5, 5.41) is 14.0. The van der Waals surface area contributed by atoms with Gasteiger partial charge in [0.25, 0.3) is 11.6 Å². The van der Waals surface area contributed by atoms with Crippen LogP contribution in [-0.2, 0) is 14.3 Å². The van der Waals surface area contributed by atoms with E-state index in [1.165, 1.54) is 30.0 Å². The molecule has 1 N–H and O–H groups in total. The molecule has 1 amide bonds. The molecule has 0 unspecified atom stereocenters. The second kappa shape index (κ2) is 9.42. The Morgan fingerprint density at radius 3 is 2.62 bits per heavy atom. The van der Waals surface area contributed by atoms with Crippen molar-refractivity contribution in [3.05, 3.63) is 62.6 Å². The maximum atomic E-state index is 11.8. The highest BCUT2D eigenvalue weighted by molar-refractivity contribution is 8.00. The monoisotopic (exact) mass is 414 g/mol. The van der Waals surface area contributed by atoms with Gasteiger partial charge in [0, 0.05) is 16.0 Å². The summed E-state index contributed by atoms with van der Waals surface area (Å²) < 4.78 is 4.85. The zero-order valence-corrected chi connectivity index (χ0v) is 15.4. The van der Waals surface area contributed by atoms with E-state index in [1.807, 2.05) is 0 Å². The number of hydrogen-bond acceptors (Lipinski definition) is 6. The Labute approximate surface area is 162 Å². The van der Waals surface area contributed by atoms with E-state index in [-0.39, 0.29) is 22.2 Å². The molecule has 0 aliphatic rings. The van der Waals surface area contributed by atoms with Gasteiger partial charge in [-0.05, 0) is 24.3 Å². The summed E-state index contributed by atoms with van der Waals surface area (Å²) in [6, 6.07) is 10.7. The van der Waals surface area contributed by atoms with Crippen LogP contribution < -0.4 is 5.32 Å². The van der Waals surface area contributed by atoms with Gasteiger partial charge in [-0.2, -0.15) is 0 Å². The summed E-state index contributed by atoms with van der Waals surface area (Å²) >= 11 is 12.9. The molecule has 0 saturated heterocycles. The molecule has 10 heteroatoms. The van der Waals surface area contributed by atoms with Crippen LogP contribution in [-0.4, -0.2) is 29.2 Å². The minimum Gasteiger partial charge on any atom is -0.455 e. The lowest BCUT2D eigenvalue weighted by atomic mass is 10.2. The molecule has 0 spiro atoms. The Balaban J connectivity index is 1.85. The van der Waals surface area contributed by atoms with Crippen LogP contribution in [0.25, 0.3) is 0 Å². The minimum absolute atomic E-state index is 0.0334. The number of thioether (sulfide) groups is 1.